The number of hydrogen-bond acceptors (Lipinski definition) is 4. The zero-order valence-corrected chi connectivity index (χ0v) is 16.9. The monoisotopic (exact) mass is 393 g/mol. The maximum absolute atomic E-state index is 12.4. The number of nitrogens with zero attached hydrogens (tertiary/aromatic N) is 1. The van der Waals surface area contributed by atoms with Crippen molar-refractivity contribution in [3.8, 4) is 0 Å². The van der Waals surface area contributed by atoms with Gasteiger partial charge >= 0.3 is 0 Å². The van der Waals surface area contributed by atoms with E-state index in [0.717, 1.165) is 11.1 Å². The van der Waals surface area contributed by atoms with Crippen LogP contribution in [0.25, 0.3) is 0 Å². The lowest BCUT2D eigenvalue weighted by atomic mass is 9.99. The number of likely N-dealkylation sites (tertiary alicyclic amines) is 1. The molecule has 3 N–H and O–H groups in total. The van der Waals surface area contributed by atoms with Gasteiger partial charge in [-0.05, 0) is 34.7 Å². The molecule has 0 radical (unpaired) electrons. The van der Waals surface area contributed by atoms with Crippen LogP contribution in [0.3, 0.4) is 0 Å². The number of amides is 3. The van der Waals surface area contributed by atoms with Crippen molar-refractivity contribution < 1.29 is 14.4 Å². The first-order valence-electron chi connectivity index (χ1n) is 9.91. The van der Waals surface area contributed by atoms with Crippen molar-refractivity contribution >= 4 is 17.7 Å². The fourth-order valence-electron chi connectivity index (χ4n) is 3.29. The van der Waals surface area contributed by atoms with Gasteiger partial charge in [-0.15, -0.1) is 0 Å². The molecule has 1 atom stereocenters. The summed E-state index contributed by atoms with van der Waals surface area (Å²) in [4.78, 5) is 37.1. The molecule has 0 aromatic heterocycles. The molecule has 1 heterocycles. The highest BCUT2D eigenvalue weighted by Gasteiger charge is 2.28. The zero-order valence-electron chi connectivity index (χ0n) is 16.9. The summed E-state index contributed by atoms with van der Waals surface area (Å²) in [7, 11) is 0. The van der Waals surface area contributed by atoms with Crippen molar-refractivity contribution in [3.63, 3.8) is 0 Å². The Labute approximate surface area is 171 Å². The van der Waals surface area contributed by atoms with E-state index in [-0.39, 0.29) is 43.1 Å². The molecule has 1 saturated heterocycles. The Balaban J connectivity index is 1.53. The van der Waals surface area contributed by atoms with Gasteiger partial charge in [0.05, 0.1) is 6.54 Å². The molecule has 6 nitrogen and oxygen atoms in total. The minimum absolute atomic E-state index is 0.146. The van der Waals surface area contributed by atoms with Crippen LogP contribution in [0.15, 0.2) is 48.5 Å². The fraction of sp³-hybridized carbons (Fsp3) is 0.348. The highest BCUT2D eigenvalue weighted by Crippen LogP contribution is 2.18. The number of rotatable bonds is 7. The van der Waals surface area contributed by atoms with Crippen molar-refractivity contribution in [1.29, 1.82) is 0 Å². The quantitative estimate of drug-likeness (QED) is 0.708. The lowest BCUT2D eigenvalue weighted by molar-refractivity contribution is -0.139. The maximum Gasteiger partial charge on any atom is 0.251 e. The SMILES string of the molecule is CC(C)c1ccc(C(N)CNC(=O)c2ccc(CN3C(=O)CCC3=O)cc2)cc1. The van der Waals surface area contributed by atoms with E-state index >= 15 is 0 Å². The largest absolute Gasteiger partial charge is 0.350 e. The van der Waals surface area contributed by atoms with Crippen LogP contribution in [-0.2, 0) is 16.1 Å². The maximum atomic E-state index is 12.4. The highest BCUT2D eigenvalue weighted by molar-refractivity contribution is 6.01. The summed E-state index contributed by atoms with van der Waals surface area (Å²) in [5.74, 6) is -0.0387. The Morgan fingerprint density at radius 2 is 1.52 bits per heavy atom. The second-order valence-electron chi connectivity index (χ2n) is 7.71. The Morgan fingerprint density at radius 3 is 2.07 bits per heavy atom. The molecule has 2 aromatic rings. The molecule has 3 amide bonds. The first-order valence-corrected chi connectivity index (χ1v) is 9.91. The molecular weight excluding hydrogens is 366 g/mol. The molecule has 0 aliphatic carbocycles. The molecular formula is C23H27N3O3. The van der Waals surface area contributed by atoms with Crippen molar-refractivity contribution in [3.05, 3.63) is 70.8 Å². The van der Waals surface area contributed by atoms with Gasteiger partial charge in [0.25, 0.3) is 5.91 Å². The van der Waals surface area contributed by atoms with Gasteiger partial charge in [-0.3, -0.25) is 19.3 Å². The van der Waals surface area contributed by atoms with E-state index in [1.54, 1.807) is 24.3 Å². The molecule has 6 heteroatoms. The van der Waals surface area contributed by atoms with E-state index in [1.165, 1.54) is 10.5 Å². The van der Waals surface area contributed by atoms with Gasteiger partial charge < -0.3 is 11.1 Å². The Bertz CT molecular complexity index is 873. The summed E-state index contributed by atoms with van der Waals surface area (Å²) < 4.78 is 0. The molecule has 1 aliphatic heterocycles. The van der Waals surface area contributed by atoms with E-state index in [9.17, 15) is 14.4 Å². The van der Waals surface area contributed by atoms with Crippen molar-refractivity contribution in [2.24, 2.45) is 5.73 Å². The van der Waals surface area contributed by atoms with Crippen LogP contribution in [0.4, 0.5) is 0 Å². The third kappa shape index (κ3) is 5.09. The smallest absolute Gasteiger partial charge is 0.251 e. The zero-order chi connectivity index (χ0) is 21.0. The summed E-state index contributed by atoms with van der Waals surface area (Å²) in [5, 5.41) is 2.86. The minimum Gasteiger partial charge on any atom is -0.350 e. The second kappa shape index (κ2) is 9.01. The average Bonchev–Trinajstić information content (AvgIpc) is 3.04. The second-order valence-corrected chi connectivity index (χ2v) is 7.71. The number of nitrogens with one attached hydrogen (secondary N) is 1. The molecule has 1 aliphatic rings. The van der Waals surface area contributed by atoms with E-state index in [4.69, 9.17) is 5.73 Å². The number of benzene rings is 2. The van der Waals surface area contributed by atoms with Crippen LogP contribution >= 0.6 is 0 Å². The molecule has 0 saturated carbocycles. The Hall–Kier alpha value is -2.99. The molecule has 1 fully saturated rings. The molecule has 29 heavy (non-hydrogen) atoms. The Morgan fingerprint density at radius 1 is 0.966 bits per heavy atom. The summed E-state index contributed by atoms with van der Waals surface area (Å²) in [6, 6.07) is 14.8. The molecule has 0 spiro atoms. The van der Waals surface area contributed by atoms with Gasteiger partial charge in [0.15, 0.2) is 0 Å². The van der Waals surface area contributed by atoms with Crippen molar-refractivity contribution in [1.82, 2.24) is 10.2 Å². The van der Waals surface area contributed by atoms with Gasteiger partial charge in [-0.25, -0.2) is 0 Å². The predicted octanol–water partition coefficient (Wildman–Crippen LogP) is 2.89. The summed E-state index contributed by atoms with van der Waals surface area (Å²) in [5.41, 5.74) is 9.76. The van der Waals surface area contributed by atoms with Crippen molar-refractivity contribution in [2.75, 3.05) is 6.54 Å². The van der Waals surface area contributed by atoms with Gasteiger partial charge in [-0.1, -0.05) is 50.2 Å². The minimum atomic E-state index is -0.286. The van der Waals surface area contributed by atoms with Crippen LogP contribution in [0.2, 0.25) is 0 Å². The van der Waals surface area contributed by atoms with Gasteiger partial charge in [-0.2, -0.15) is 0 Å². The predicted molar refractivity (Wildman–Crippen MR) is 111 cm³/mol. The van der Waals surface area contributed by atoms with Crippen LogP contribution in [0.5, 0.6) is 0 Å². The highest BCUT2D eigenvalue weighted by atomic mass is 16.2. The molecule has 152 valence electrons. The average molecular weight is 393 g/mol. The summed E-state index contributed by atoms with van der Waals surface area (Å²) >= 11 is 0. The molecule has 2 aromatic carbocycles. The van der Waals surface area contributed by atoms with Crippen LogP contribution in [-0.4, -0.2) is 29.2 Å². The number of carbonyl (C=O) groups is 3. The third-order valence-electron chi connectivity index (χ3n) is 5.23. The first-order chi connectivity index (χ1) is 13.8. The standard InChI is InChI=1S/C23H27N3O3/c1-15(2)17-7-9-18(10-8-17)20(24)13-25-23(29)19-5-3-16(4-6-19)14-26-21(27)11-12-22(26)28/h3-10,15,20H,11-14,24H2,1-2H3,(H,25,29). The van der Waals surface area contributed by atoms with Gasteiger partial charge in [0, 0.05) is 31.0 Å². The number of nitrogens with two attached hydrogens (primary N) is 1. The van der Waals surface area contributed by atoms with E-state index < -0.39 is 0 Å². The van der Waals surface area contributed by atoms with E-state index in [2.05, 4.69) is 31.3 Å². The lowest BCUT2D eigenvalue weighted by Crippen LogP contribution is -2.32. The summed E-state index contributed by atoms with van der Waals surface area (Å²) in [6.07, 6.45) is 0.555. The number of hydrogen-bond donors (Lipinski definition) is 2. The first kappa shape index (κ1) is 20.7. The normalized spacial score (nSPS) is 15.1. The molecule has 3 rings (SSSR count). The summed E-state index contributed by atoms with van der Waals surface area (Å²) in [6.45, 7) is 4.86. The van der Waals surface area contributed by atoms with Gasteiger partial charge in [0.2, 0.25) is 11.8 Å². The van der Waals surface area contributed by atoms with Crippen LogP contribution < -0.4 is 11.1 Å². The number of carbonyl (C=O) groups excluding carboxylic acids is 3. The Kier molecular flexibility index (Phi) is 6.44. The lowest BCUT2D eigenvalue weighted by Gasteiger charge is -2.15. The van der Waals surface area contributed by atoms with Crippen LogP contribution in [0, 0.1) is 0 Å². The molecule has 1 unspecified atom stereocenters. The van der Waals surface area contributed by atoms with Crippen molar-refractivity contribution in [2.45, 2.75) is 45.2 Å². The van der Waals surface area contributed by atoms with E-state index in [0.29, 0.717) is 18.0 Å². The third-order valence-corrected chi connectivity index (χ3v) is 5.23. The van der Waals surface area contributed by atoms with E-state index in [1.807, 2.05) is 12.1 Å². The number of imide groups is 1. The topological polar surface area (TPSA) is 92.5 Å². The van der Waals surface area contributed by atoms with Gasteiger partial charge in [0.1, 0.15) is 0 Å². The van der Waals surface area contributed by atoms with Crippen LogP contribution in [0.1, 0.15) is 65.7 Å². The fourth-order valence-corrected chi connectivity index (χ4v) is 3.29. The molecule has 0 bridgehead atoms.